The highest BCUT2D eigenvalue weighted by Crippen LogP contribution is 2.42. The fourth-order valence-corrected chi connectivity index (χ4v) is 4.21. The zero-order valence-corrected chi connectivity index (χ0v) is 13.4. The van der Waals surface area contributed by atoms with Gasteiger partial charge in [0.25, 0.3) is 0 Å². The highest BCUT2D eigenvalue weighted by molar-refractivity contribution is 7.11. The smallest absolute Gasteiger partial charge is 0.312 e. The fourth-order valence-electron chi connectivity index (χ4n) is 3.01. The number of hydrogen-bond donors (Lipinski definition) is 1. The minimum absolute atomic E-state index is 0.213. The summed E-state index contributed by atoms with van der Waals surface area (Å²) in [7, 11) is 0. The summed E-state index contributed by atoms with van der Waals surface area (Å²) in [6, 6.07) is 0. The third-order valence-corrected chi connectivity index (χ3v) is 5.45. The third-order valence-electron chi connectivity index (χ3n) is 4.23. The minimum atomic E-state index is -4.35. The normalized spacial score (nSPS) is 23.5. The van der Waals surface area contributed by atoms with E-state index in [9.17, 15) is 13.2 Å². The third kappa shape index (κ3) is 4.19. The van der Waals surface area contributed by atoms with E-state index in [4.69, 9.17) is 0 Å². The van der Waals surface area contributed by atoms with Crippen LogP contribution in [0.1, 0.15) is 67.4 Å². The van der Waals surface area contributed by atoms with Crippen molar-refractivity contribution in [3.05, 3.63) is 15.6 Å². The molecule has 1 heterocycles. The van der Waals surface area contributed by atoms with Crippen LogP contribution in [-0.4, -0.2) is 11.5 Å². The van der Waals surface area contributed by atoms with Crippen molar-refractivity contribution in [2.24, 2.45) is 5.92 Å². The SMILES string of the molecule is CCNCc1sc(C2CCCC(CC)C2)nc1C(F)(F)F. The predicted octanol–water partition coefficient (Wildman–Crippen LogP) is 4.96. The maximum atomic E-state index is 13.1. The molecule has 1 aromatic heterocycles. The van der Waals surface area contributed by atoms with Crippen LogP contribution in [0.25, 0.3) is 0 Å². The maximum Gasteiger partial charge on any atom is 0.434 e. The molecule has 1 aliphatic rings. The molecular formula is C15H23F3N2S. The Balaban J connectivity index is 2.21. The molecular weight excluding hydrogens is 297 g/mol. The van der Waals surface area contributed by atoms with Gasteiger partial charge in [-0.05, 0) is 25.3 Å². The van der Waals surface area contributed by atoms with Gasteiger partial charge in [-0.15, -0.1) is 11.3 Å². The first-order valence-corrected chi connectivity index (χ1v) is 8.54. The fraction of sp³-hybridized carbons (Fsp3) is 0.800. The second-order valence-electron chi connectivity index (χ2n) is 5.74. The van der Waals surface area contributed by atoms with Gasteiger partial charge >= 0.3 is 6.18 Å². The van der Waals surface area contributed by atoms with Crippen molar-refractivity contribution < 1.29 is 13.2 Å². The summed E-state index contributed by atoms with van der Waals surface area (Å²) in [6.07, 6.45) is 1.03. The Morgan fingerprint density at radius 3 is 2.67 bits per heavy atom. The standard InChI is InChI=1S/C15H23F3N2S/c1-3-10-6-5-7-11(8-10)14-20-13(15(16,17)18)12(21-14)9-19-4-2/h10-11,19H,3-9H2,1-2H3. The van der Waals surface area contributed by atoms with Crippen LogP contribution in [0, 0.1) is 5.92 Å². The van der Waals surface area contributed by atoms with Crippen molar-refractivity contribution in [1.82, 2.24) is 10.3 Å². The molecule has 1 fully saturated rings. The molecule has 0 bridgehead atoms. The van der Waals surface area contributed by atoms with E-state index in [1.165, 1.54) is 17.8 Å². The summed E-state index contributed by atoms with van der Waals surface area (Å²) in [5, 5.41) is 3.67. The van der Waals surface area contributed by atoms with Crippen LogP contribution in [0.2, 0.25) is 0 Å². The molecule has 0 aliphatic heterocycles. The molecule has 2 unspecified atom stereocenters. The number of aromatic nitrogens is 1. The Kier molecular flexibility index (Phi) is 5.66. The van der Waals surface area contributed by atoms with Crippen LogP contribution in [0.4, 0.5) is 13.2 Å². The molecule has 1 saturated carbocycles. The lowest BCUT2D eigenvalue weighted by molar-refractivity contribution is -0.141. The molecule has 1 aromatic rings. The second-order valence-corrected chi connectivity index (χ2v) is 6.85. The zero-order valence-electron chi connectivity index (χ0n) is 12.6. The van der Waals surface area contributed by atoms with Gasteiger partial charge in [0.15, 0.2) is 5.69 Å². The maximum absolute atomic E-state index is 13.1. The minimum Gasteiger partial charge on any atom is -0.312 e. The van der Waals surface area contributed by atoms with Gasteiger partial charge in [-0.1, -0.05) is 33.1 Å². The van der Waals surface area contributed by atoms with Gasteiger partial charge in [0, 0.05) is 12.5 Å². The second kappa shape index (κ2) is 7.09. The number of thiazole rings is 1. The first-order valence-electron chi connectivity index (χ1n) is 7.73. The molecule has 0 aromatic carbocycles. The monoisotopic (exact) mass is 320 g/mol. The van der Waals surface area contributed by atoms with Crippen LogP contribution in [0.5, 0.6) is 0 Å². The molecule has 1 aliphatic carbocycles. The Labute approximate surface area is 128 Å². The van der Waals surface area contributed by atoms with E-state index >= 15 is 0 Å². The molecule has 21 heavy (non-hydrogen) atoms. The van der Waals surface area contributed by atoms with Gasteiger partial charge < -0.3 is 5.32 Å². The van der Waals surface area contributed by atoms with Crippen LogP contribution >= 0.6 is 11.3 Å². The summed E-state index contributed by atoms with van der Waals surface area (Å²) in [6.45, 7) is 4.97. The van der Waals surface area contributed by atoms with Crippen LogP contribution in [-0.2, 0) is 12.7 Å². The number of hydrogen-bond acceptors (Lipinski definition) is 3. The molecule has 0 amide bonds. The van der Waals surface area contributed by atoms with E-state index in [1.807, 2.05) is 6.92 Å². The molecule has 2 atom stereocenters. The average molecular weight is 320 g/mol. The van der Waals surface area contributed by atoms with E-state index < -0.39 is 11.9 Å². The quantitative estimate of drug-likeness (QED) is 0.830. The molecule has 0 saturated heterocycles. The van der Waals surface area contributed by atoms with Crippen LogP contribution in [0.15, 0.2) is 0 Å². The van der Waals surface area contributed by atoms with Gasteiger partial charge in [0.2, 0.25) is 0 Å². The number of nitrogens with zero attached hydrogens (tertiary/aromatic N) is 1. The van der Waals surface area contributed by atoms with Gasteiger partial charge in [0.05, 0.1) is 9.88 Å². The summed E-state index contributed by atoms with van der Waals surface area (Å²) in [5.74, 6) is 0.851. The molecule has 2 nitrogen and oxygen atoms in total. The predicted molar refractivity (Wildman–Crippen MR) is 79.5 cm³/mol. The Hall–Kier alpha value is -0.620. The Morgan fingerprint density at radius 2 is 2.05 bits per heavy atom. The first kappa shape index (κ1) is 16.7. The number of alkyl halides is 3. The zero-order chi connectivity index (χ0) is 15.5. The van der Waals surface area contributed by atoms with E-state index in [0.29, 0.717) is 22.3 Å². The van der Waals surface area contributed by atoms with E-state index in [0.717, 1.165) is 25.7 Å². The highest BCUT2D eigenvalue weighted by Gasteiger charge is 2.38. The van der Waals surface area contributed by atoms with Crippen molar-refractivity contribution in [3.63, 3.8) is 0 Å². The number of halogens is 3. The molecule has 6 heteroatoms. The molecule has 1 N–H and O–H groups in total. The lowest BCUT2D eigenvalue weighted by Gasteiger charge is -2.26. The Morgan fingerprint density at radius 1 is 1.29 bits per heavy atom. The molecule has 0 spiro atoms. The van der Waals surface area contributed by atoms with Crippen molar-refractivity contribution in [1.29, 1.82) is 0 Å². The largest absolute Gasteiger partial charge is 0.434 e. The van der Waals surface area contributed by atoms with Crippen molar-refractivity contribution in [2.75, 3.05) is 6.54 Å². The van der Waals surface area contributed by atoms with Crippen molar-refractivity contribution in [2.45, 2.75) is 64.6 Å². The van der Waals surface area contributed by atoms with E-state index in [1.54, 1.807) is 0 Å². The lowest BCUT2D eigenvalue weighted by atomic mass is 9.80. The van der Waals surface area contributed by atoms with E-state index in [2.05, 4.69) is 17.2 Å². The summed E-state index contributed by atoms with van der Waals surface area (Å²) < 4.78 is 39.3. The lowest BCUT2D eigenvalue weighted by Crippen LogP contribution is -2.16. The van der Waals surface area contributed by atoms with Gasteiger partial charge in [-0.25, -0.2) is 4.98 Å². The van der Waals surface area contributed by atoms with Crippen LogP contribution < -0.4 is 5.32 Å². The first-order chi connectivity index (χ1) is 9.95. The van der Waals surface area contributed by atoms with Crippen molar-refractivity contribution in [3.8, 4) is 0 Å². The van der Waals surface area contributed by atoms with E-state index in [-0.39, 0.29) is 12.5 Å². The number of rotatable bonds is 5. The Bertz CT molecular complexity index is 456. The summed E-state index contributed by atoms with van der Waals surface area (Å²) in [5.41, 5.74) is -0.679. The van der Waals surface area contributed by atoms with Crippen LogP contribution in [0.3, 0.4) is 0 Å². The number of nitrogens with one attached hydrogen (secondary N) is 1. The van der Waals surface area contributed by atoms with Gasteiger partial charge in [-0.3, -0.25) is 0 Å². The molecule has 2 rings (SSSR count). The highest BCUT2D eigenvalue weighted by atomic mass is 32.1. The average Bonchev–Trinajstić information content (AvgIpc) is 2.89. The molecule has 0 radical (unpaired) electrons. The van der Waals surface area contributed by atoms with Crippen molar-refractivity contribution >= 4 is 11.3 Å². The molecule has 120 valence electrons. The topological polar surface area (TPSA) is 24.9 Å². The van der Waals surface area contributed by atoms with Gasteiger partial charge in [-0.2, -0.15) is 13.2 Å². The summed E-state index contributed by atoms with van der Waals surface area (Å²) >= 11 is 1.25. The summed E-state index contributed by atoms with van der Waals surface area (Å²) in [4.78, 5) is 4.31. The van der Waals surface area contributed by atoms with Gasteiger partial charge in [0.1, 0.15) is 0 Å².